The van der Waals surface area contributed by atoms with E-state index in [4.69, 9.17) is 9.26 Å². The van der Waals surface area contributed by atoms with E-state index in [1.807, 2.05) is 39.0 Å². The molecule has 3 rings (SSSR count). The molecule has 0 atom stereocenters. The predicted molar refractivity (Wildman–Crippen MR) is 88.8 cm³/mol. The molecule has 0 aliphatic rings. The topological polar surface area (TPSA) is 78.9 Å². The molecule has 0 amide bonds. The Morgan fingerprint density at radius 1 is 1.12 bits per heavy atom. The van der Waals surface area contributed by atoms with E-state index < -0.39 is 0 Å². The summed E-state index contributed by atoms with van der Waals surface area (Å²) in [5, 5.41) is 16.1. The van der Waals surface area contributed by atoms with E-state index in [2.05, 4.69) is 20.6 Å². The van der Waals surface area contributed by atoms with Crippen LogP contribution in [0.2, 0.25) is 0 Å². The third kappa shape index (κ3) is 3.61. The maximum Gasteiger partial charge on any atom is 0.204 e. The van der Waals surface area contributed by atoms with Crippen LogP contribution in [-0.4, -0.2) is 32.0 Å². The van der Waals surface area contributed by atoms with Crippen molar-refractivity contribution >= 4 is 0 Å². The zero-order valence-corrected chi connectivity index (χ0v) is 14.4. The highest BCUT2D eigenvalue weighted by Crippen LogP contribution is 2.28. The Morgan fingerprint density at radius 3 is 2.46 bits per heavy atom. The fourth-order valence-electron chi connectivity index (χ4n) is 2.66. The van der Waals surface area contributed by atoms with E-state index >= 15 is 0 Å². The van der Waals surface area contributed by atoms with Gasteiger partial charge in [-0.15, -0.1) is 10.2 Å². The first-order chi connectivity index (χ1) is 11.5. The molecule has 0 saturated carbocycles. The van der Waals surface area contributed by atoms with E-state index in [0.29, 0.717) is 12.4 Å². The Bertz CT molecular complexity index is 814. The molecule has 2 heterocycles. The molecule has 0 bridgehead atoms. The van der Waals surface area contributed by atoms with Gasteiger partial charge in [0.1, 0.15) is 11.5 Å². The lowest BCUT2D eigenvalue weighted by atomic mass is 10.1. The van der Waals surface area contributed by atoms with Gasteiger partial charge in [0.25, 0.3) is 0 Å². The first-order valence-electron chi connectivity index (χ1n) is 7.93. The van der Waals surface area contributed by atoms with E-state index in [-0.39, 0.29) is 0 Å². The molecule has 0 radical (unpaired) electrons. The highest BCUT2D eigenvalue weighted by molar-refractivity contribution is 5.60. The van der Waals surface area contributed by atoms with Crippen molar-refractivity contribution in [3.8, 4) is 17.1 Å². The average Bonchev–Trinajstić information content (AvgIpc) is 3.14. The van der Waals surface area contributed by atoms with Crippen molar-refractivity contribution in [1.82, 2.24) is 25.4 Å². The van der Waals surface area contributed by atoms with Crippen LogP contribution in [0.4, 0.5) is 0 Å². The van der Waals surface area contributed by atoms with Gasteiger partial charge < -0.3 is 9.26 Å². The van der Waals surface area contributed by atoms with Crippen LogP contribution in [0.15, 0.2) is 22.7 Å². The summed E-state index contributed by atoms with van der Waals surface area (Å²) in [7, 11) is 1.75. The number of rotatable bonds is 6. The highest BCUT2D eigenvalue weighted by atomic mass is 16.5. The van der Waals surface area contributed by atoms with Crippen molar-refractivity contribution in [3.05, 3.63) is 40.8 Å². The molecule has 24 heavy (non-hydrogen) atoms. The van der Waals surface area contributed by atoms with Crippen LogP contribution in [0.3, 0.4) is 0 Å². The minimum absolute atomic E-state index is 0.621. The summed E-state index contributed by atoms with van der Waals surface area (Å²) in [6.45, 7) is 6.61. The van der Waals surface area contributed by atoms with Crippen LogP contribution in [0.25, 0.3) is 11.4 Å². The molecule has 7 nitrogen and oxygen atoms in total. The molecule has 0 fully saturated rings. The number of benzene rings is 1. The molecule has 0 aliphatic carbocycles. The smallest absolute Gasteiger partial charge is 0.204 e. The lowest BCUT2D eigenvalue weighted by Crippen LogP contribution is -2.02. The number of ether oxygens (including phenoxy) is 1. The minimum atomic E-state index is 0.621. The summed E-state index contributed by atoms with van der Waals surface area (Å²) in [5.41, 5.74) is 3.98. The van der Waals surface area contributed by atoms with Crippen molar-refractivity contribution in [1.29, 1.82) is 0 Å². The van der Waals surface area contributed by atoms with Crippen molar-refractivity contribution in [2.75, 3.05) is 6.61 Å². The van der Waals surface area contributed by atoms with Gasteiger partial charge in [-0.05, 0) is 55.7 Å². The Hall–Kier alpha value is -2.70. The van der Waals surface area contributed by atoms with Gasteiger partial charge in [0.2, 0.25) is 5.82 Å². The number of aromatic nitrogens is 5. The summed E-state index contributed by atoms with van der Waals surface area (Å²) in [5.74, 6) is 2.43. The maximum absolute atomic E-state index is 5.97. The van der Waals surface area contributed by atoms with Crippen molar-refractivity contribution in [3.63, 3.8) is 0 Å². The standard InChI is InChI=1S/C17H21N5O2/c1-11-8-14(17-18-21-22(4)19-17)9-12(2)16(11)23-7-5-6-15-10-13(3)20-24-15/h8-10H,5-7H2,1-4H3. The fourth-order valence-corrected chi connectivity index (χ4v) is 2.66. The van der Waals surface area contributed by atoms with E-state index in [1.165, 1.54) is 4.80 Å². The van der Waals surface area contributed by atoms with Gasteiger partial charge >= 0.3 is 0 Å². The molecule has 0 spiro atoms. The average molecular weight is 327 g/mol. The summed E-state index contributed by atoms with van der Waals surface area (Å²) >= 11 is 0. The van der Waals surface area contributed by atoms with Crippen LogP contribution in [-0.2, 0) is 13.5 Å². The predicted octanol–water partition coefficient (Wildman–Crippen LogP) is 2.80. The summed E-state index contributed by atoms with van der Waals surface area (Å²) in [6.07, 6.45) is 1.70. The molecule has 0 aliphatic heterocycles. The second-order valence-electron chi connectivity index (χ2n) is 5.93. The van der Waals surface area contributed by atoms with Crippen LogP contribution >= 0.6 is 0 Å². The monoisotopic (exact) mass is 327 g/mol. The maximum atomic E-state index is 5.97. The highest BCUT2D eigenvalue weighted by Gasteiger charge is 2.11. The molecule has 0 N–H and O–H groups in total. The van der Waals surface area contributed by atoms with Crippen LogP contribution < -0.4 is 4.74 Å². The summed E-state index contributed by atoms with van der Waals surface area (Å²) in [6, 6.07) is 6.01. The van der Waals surface area contributed by atoms with E-state index in [9.17, 15) is 0 Å². The lowest BCUT2D eigenvalue weighted by molar-refractivity contribution is 0.296. The van der Waals surface area contributed by atoms with Gasteiger partial charge in [0.15, 0.2) is 0 Å². The third-order valence-electron chi connectivity index (χ3n) is 3.72. The second kappa shape index (κ2) is 6.82. The van der Waals surface area contributed by atoms with Crippen LogP contribution in [0, 0.1) is 20.8 Å². The zero-order valence-electron chi connectivity index (χ0n) is 14.4. The van der Waals surface area contributed by atoms with Crippen molar-refractivity contribution in [2.45, 2.75) is 33.6 Å². The Kier molecular flexibility index (Phi) is 4.59. The van der Waals surface area contributed by atoms with Gasteiger partial charge in [0, 0.05) is 18.1 Å². The molecule has 0 saturated heterocycles. The first-order valence-corrected chi connectivity index (χ1v) is 7.93. The lowest BCUT2D eigenvalue weighted by Gasteiger charge is -2.13. The molecular weight excluding hydrogens is 306 g/mol. The van der Waals surface area contributed by atoms with Crippen molar-refractivity contribution in [2.24, 2.45) is 7.05 Å². The van der Waals surface area contributed by atoms with Gasteiger partial charge in [-0.2, -0.15) is 4.80 Å². The minimum Gasteiger partial charge on any atom is -0.493 e. The molecule has 3 aromatic rings. The second-order valence-corrected chi connectivity index (χ2v) is 5.93. The number of aryl methyl sites for hydroxylation is 5. The van der Waals surface area contributed by atoms with Gasteiger partial charge in [-0.1, -0.05) is 5.16 Å². The SMILES string of the molecule is Cc1cc(CCCOc2c(C)cc(-c3nnn(C)n3)cc2C)on1. The van der Waals surface area contributed by atoms with E-state index in [1.54, 1.807) is 7.05 Å². The number of tetrazole rings is 1. The van der Waals surface area contributed by atoms with E-state index in [0.717, 1.165) is 46.7 Å². The summed E-state index contributed by atoms with van der Waals surface area (Å²) < 4.78 is 11.2. The Labute approximate surface area is 140 Å². The molecule has 1 aromatic carbocycles. The molecule has 0 unspecified atom stereocenters. The Morgan fingerprint density at radius 2 is 1.88 bits per heavy atom. The quantitative estimate of drug-likeness (QED) is 0.648. The van der Waals surface area contributed by atoms with Crippen LogP contribution in [0.1, 0.15) is 29.0 Å². The molecule has 126 valence electrons. The third-order valence-corrected chi connectivity index (χ3v) is 3.72. The van der Waals surface area contributed by atoms with Crippen molar-refractivity contribution < 1.29 is 9.26 Å². The fraction of sp³-hybridized carbons (Fsp3) is 0.412. The summed E-state index contributed by atoms with van der Waals surface area (Å²) in [4.78, 5) is 1.45. The molecular formula is C17H21N5O2. The molecule has 7 heteroatoms. The normalized spacial score (nSPS) is 11.0. The number of nitrogens with zero attached hydrogens (tertiary/aromatic N) is 5. The van der Waals surface area contributed by atoms with Crippen LogP contribution in [0.5, 0.6) is 5.75 Å². The van der Waals surface area contributed by atoms with Gasteiger partial charge in [-0.3, -0.25) is 0 Å². The largest absolute Gasteiger partial charge is 0.493 e. The van der Waals surface area contributed by atoms with Gasteiger partial charge in [-0.25, -0.2) is 0 Å². The Balaban J connectivity index is 1.63. The number of hydrogen-bond donors (Lipinski definition) is 0. The van der Waals surface area contributed by atoms with Gasteiger partial charge in [0.05, 0.1) is 19.3 Å². The number of hydrogen-bond acceptors (Lipinski definition) is 6. The first kappa shape index (κ1) is 16.2. The molecule has 2 aromatic heterocycles. The zero-order chi connectivity index (χ0) is 17.1.